The van der Waals surface area contributed by atoms with Gasteiger partial charge in [-0.15, -0.1) is 0 Å². The standard InChI is InChI=1S/C24H33N5O2/c1-4-6-13-28(5-2)24(31)21-16-19(17-26-22(21)29-14-11-25-12-15-29)27-23(30)20-10-8-7-9-18(20)3/h7-10,16-17,25H,4-6,11-15H2,1-3H3,(H,27,30). The van der Waals surface area contributed by atoms with Crippen LogP contribution in [-0.2, 0) is 0 Å². The summed E-state index contributed by atoms with van der Waals surface area (Å²) >= 11 is 0. The summed E-state index contributed by atoms with van der Waals surface area (Å²) < 4.78 is 0. The SMILES string of the molecule is CCCCN(CC)C(=O)c1cc(NC(=O)c2ccccc2C)cnc1N1CCNCC1. The van der Waals surface area contributed by atoms with Crippen LogP contribution in [0.3, 0.4) is 0 Å². The molecule has 2 aromatic rings. The molecule has 0 aliphatic carbocycles. The number of nitrogens with one attached hydrogen (secondary N) is 2. The van der Waals surface area contributed by atoms with E-state index in [9.17, 15) is 9.59 Å². The Morgan fingerprint density at radius 1 is 1.16 bits per heavy atom. The zero-order valence-electron chi connectivity index (χ0n) is 18.8. The van der Waals surface area contributed by atoms with Crippen LogP contribution >= 0.6 is 0 Å². The number of carbonyl (C=O) groups is 2. The number of pyridine rings is 1. The Kier molecular flexibility index (Phi) is 8.00. The van der Waals surface area contributed by atoms with Gasteiger partial charge in [-0.05, 0) is 38.0 Å². The van der Waals surface area contributed by atoms with Crippen molar-refractivity contribution in [1.82, 2.24) is 15.2 Å². The minimum absolute atomic E-state index is 0.0380. The minimum Gasteiger partial charge on any atom is -0.353 e. The quantitative estimate of drug-likeness (QED) is 0.681. The second-order valence-electron chi connectivity index (χ2n) is 7.84. The van der Waals surface area contributed by atoms with Crippen molar-refractivity contribution in [2.75, 3.05) is 49.5 Å². The first-order valence-electron chi connectivity index (χ1n) is 11.2. The lowest BCUT2D eigenvalue weighted by atomic mass is 10.1. The molecule has 7 heteroatoms. The molecule has 2 amide bonds. The molecule has 1 aromatic carbocycles. The fourth-order valence-electron chi connectivity index (χ4n) is 3.76. The molecular formula is C24H33N5O2. The summed E-state index contributed by atoms with van der Waals surface area (Å²) in [5, 5.41) is 6.26. The molecule has 0 atom stereocenters. The fraction of sp³-hybridized carbons (Fsp3) is 0.458. The van der Waals surface area contributed by atoms with Crippen LogP contribution in [-0.4, -0.2) is 61.0 Å². The summed E-state index contributed by atoms with van der Waals surface area (Å²) in [5.41, 5.74) is 2.59. The number of hydrogen-bond acceptors (Lipinski definition) is 5. The van der Waals surface area contributed by atoms with E-state index < -0.39 is 0 Å². The van der Waals surface area contributed by atoms with Gasteiger partial charge in [0.05, 0.1) is 17.4 Å². The van der Waals surface area contributed by atoms with Gasteiger partial charge < -0.3 is 20.4 Å². The van der Waals surface area contributed by atoms with Crippen molar-refractivity contribution in [2.24, 2.45) is 0 Å². The Morgan fingerprint density at radius 2 is 1.90 bits per heavy atom. The monoisotopic (exact) mass is 423 g/mol. The Morgan fingerprint density at radius 3 is 2.58 bits per heavy atom. The Balaban J connectivity index is 1.91. The van der Waals surface area contributed by atoms with Gasteiger partial charge in [0.25, 0.3) is 11.8 Å². The molecule has 0 bridgehead atoms. The Hall–Kier alpha value is -2.93. The zero-order chi connectivity index (χ0) is 22.2. The molecule has 0 radical (unpaired) electrons. The molecule has 1 aliphatic heterocycles. The molecule has 166 valence electrons. The molecule has 0 spiro atoms. The summed E-state index contributed by atoms with van der Waals surface area (Å²) in [6.07, 6.45) is 3.63. The number of aromatic nitrogens is 1. The van der Waals surface area contributed by atoms with E-state index in [1.165, 1.54) is 0 Å². The predicted molar refractivity (Wildman–Crippen MR) is 125 cm³/mol. The number of piperazine rings is 1. The highest BCUT2D eigenvalue weighted by molar-refractivity contribution is 6.06. The highest BCUT2D eigenvalue weighted by Crippen LogP contribution is 2.24. The number of unbranched alkanes of at least 4 members (excludes halogenated alkanes) is 1. The Bertz CT molecular complexity index is 909. The van der Waals surface area contributed by atoms with Crippen molar-refractivity contribution in [1.29, 1.82) is 0 Å². The van der Waals surface area contributed by atoms with Crippen molar-refractivity contribution in [3.05, 3.63) is 53.2 Å². The van der Waals surface area contributed by atoms with Crippen LogP contribution in [0.15, 0.2) is 36.5 Å². The van der Waals surface area contributed by atoms with Crippen molar-refractivity contribution >= 4 is 23.3 Å². The maximum Gasteiger partial charge on any atom is 0.257 e. The highest BCUT2D eigenvalue weighted by Gasteiger charge is 2.24. The average molecular weight is 424 g/mol. The fourth-order valence-corrected chi connectivity index (χ4v) is 3.76. The smallest absolute Gasteiger partial charge is 0.257 e. The van der Waals surface area contributed by atoms with Crippen molar-refractivity contribution < 1.29 is 9.59 Å². The number of hydrogen-bond donors (Lipinski definition) is 2. The molecule has 1 fully saturated rings. The van der Waals surface area contributed by atoms with Crippen molar-refractivity contribution in [2.45, 2.75) is 33.6 Å². The number of benzene rings is 1. The summed E-state index contributed by atoms with van der Waals surface area (Å²) in [7, 11) is 0. The van der Waals surface area contributed by atoms with Crippen molar-refractivity contribution in [3.63, 3.8) is 0 Å². The van der Waals surface area contributed by atoms with Crippen LogP contribution in [0.1, 0.15) is 53.0 Å². The molecule has 31 heavy (non-hydrogen) atoms. The molecule has 2 N–H and O–H groups in total. The van der Waals surface area contributed by atoms with E-state index in [-0.39, 0.29) is 11.8 Å². The molecule has 1 aromatic heterocycles. The lowest BCUT2D eigenvalue weighted by Crippen LogP contribution is -2.45. The number of nitrogens with zero attached hydrogens (tertiary/aromatic N) is 3. The molecule has 0 unspecified atom stereocenters. The predicted octanol–water partition coefficient (Wildman–Crippen LogP) is 3.31. The maximum absolute atomic E-state index is 13.4. The topological polar surface area (TPSA) is 77.6 Å². The van der Waals surface area contributed by atoms with Gasteiger partial charge in [0, 0.05) is 44.8 Å². The summed E-state index contributed by atoms with van der Waals surface area (Å²) in [6.45, 7) is 10.7. The third kappa shape index (κ3) is 5.61. The molecule has 1 aliphatic rings. The van der Waals surface area contributed by atoms with Gasteiger partial charge in [-0.25, -0.2) is 4.98 Å². The van der Waals surface area contributed by atoms with E-state index >= 15 is 0 Å². The summed E-state index contributed by atoms with van der Waals surface area (Å²) in [5.74, 6) is 0.450. The van der Waals surface area contributed by atoms with Crippen LogP contribution in [0.5, 0.6) is 0 Å². The second-order valence-corrected chi connectivity index (χ2v) is 7.84. The summed E-state index contributed by atoms with van der Waals surface area (Å²) in [6, 6.07) is 9.22. The highest BCUT2D eigenvalue weighted by atomic mass is 16.2. The van der Waals surface area contributed by atoms with Gasteiger partial charge in [0.1, 0.15) is 5.82 Å². The third-order valence-electron chi connectivity index (χ3n) is 5.61. The molecule has 2 heterocycles. The van der Waals surface area contributed by atoms with E-state index in [0.29, 0.717) is 35.7 Å². The van der Waals surface area contributed by atoms with Crippen LogP contribution in [0.4, 0.5) is 11.5 Å². The number of amides is 2. The summed E-state index contributed by atoms with van der Waals surface area (Å²) in [4.78, 5) is 34.8. The molecule has 0 saturated carbocycles. The first-order chi connectivity index (χ1) is 15.0. The van der Waals surface area contributed by atoms with Crippen LogP contribution in [0, 0.1) is 6.92 Å². The maximum atomic E-state index is 13.4. The second kappa shape index (κ2) is 10.9. The van der Waals surface area contributed by atoms with Gasteiger partial charge >= 0.3 is 0 Å². The van der Waals surface area contributed by atoms with Gasteiger partial charge in [0.2, 0.25) is 0 Å². The van der Waals surface area contributed by atoms with E-state index in [1.807, 2.05) is 36.9 Å². The van der Waals surface area contributed by atoms with Crippen LogP contribution < -0.4 is 15.5 Å². The van der Waals surface area contributed by atoms with Gasteiger partial charge in [-0.2, -0.15) is 0 Å². The van der Waals surface area contributed by atoms with Crippen LogP contribution in [0.25, 0.3) is 0 Å². The number of anilines is 2. The van der Waals surface area contributed by atoms with Gasteiger partial charge in [-0.3, -0.25) is 9.59 Å². The van der Waals surface area contributed by atoms with Gasteiger partial charge in [0.15, 0.2) is 0 Å². The lowest BCUT2D eigenvalue weighted by molar-refractivity contribution is 0.0762. The van der Waals surface area contributed by atoms with Crippen molar-refractivity contribution in [3.8, 4) is 0 Å². The number of rotatable bonds is 8. The first kappa shape index (κ1) is 22.7. The number of carbonyl (C=O) groups excluding carboxylic acids is 2. The molecule has 1 saturated heterocycles. The largest absolute Gasteiger partial charge is 0.353 e. The van der Waals surface area contributed by atoms with Gasteiger partial charge in [-0.1, -0.05) is 31.5 Å². The number of aryl methyl sites for hydroxylation is 1. The minimum atomic E-state index is -0.202. The van der Waals surface area contributed by atoms with E-state index in [0.717, 1.165) is 44.6 Å². The lowest BCUT2D eigenvalue weighted by Gasteiger charge is -2.31. The normalized spacial score (nSPS) is 13.7. The van der Waals surface area contributed by atoms with E-state index in [2.05, 4.69) is 27.4 Å². The van der Waals surface area contributed by atoms with Crippen LogP contribution in [0.2, 0.25) is 0 Å². The molecule has 7 nitrogen and oxygen atoms in total. The molecular weight excluding hydrogens is 390 g/mol. The molecule has 3 rings (SSSR count). The van der Waals surface area contributed by atoms with E-state index in [4.69, 9.17) is 0 Å². The average Bonchev–Trinajstić information content (AvgIpc) is 2.80. The third-order valence-corrected chi connectivity index (χ3v) is 5.61. The van der Waals surface area contributed by atoms with E-state index in [1.54, 1.807) is 18.3 Å². The zero-order valence-corrected chi connectivity index (χ0v) is 18.8. The Labute approximate surface area is 184 Å². The first-order valence-corrected chi connectivity index (χ1v) is 11.2.